The molecule has 0 saturated carbocycles. The van der Waals surface area contributed by atoms with E-state index in [4.69, 9.17) is 5.73 Å². The van der Waals surface area contributed by atoms with Gasteiger partial charge in [0.25, 0.3) is 0 Å². The average Bonchev–Trinajstić information content (AvgIpc) is 2.17. The predicted molar refractivity (Wildman–Crippen MR) is 56.2 cm³/mol. The van der Waals surface area contributed by atoms with Crippen molar-refractivity contribution < 1.29 is 4.79 Å². The molecule has 1 atom stereocenters. The third kappa shape index (κ3) is 1.51. The highest BCUT2D eigenvalue weighted by Gasteiger charge is 2.23. The fourth-order valence-corrected chi connectivity index (χ4v) is 1.88. The SMILES string of the molecule is Cc1ccc2c(c1)C(CN)CC(=O)N2. The fourth-order valence-electron chi connectivity index (χ4n) is 1.88. The summed E-state index contributed by atoms with van der Waals surface area (Å²) in [5, 5.41) is 2.86. The molecule has 14 heavy (non-hydrogen) atoms. The molecule has 1 aliphatic rings. The van der Waals surface area contributed by atoms with Crippen molar-refractivity contribution in [3.8, 4) is 0 Å². The van der Waals surface area contributed by atoms with Gasteiger partial charge in [-0.25, -0.2) is 0 Å². The van der Waals surface area contributed by atoms with Crippen LogP contribution in [0.1, 0.15) is 23.5 Å². The van der Waals surface area contributed by atoms with Crippen molar-refractivity contribution in [1.29, 1.82) is 0 Å². The van der Waals surface area contributed by atoms with Crippen LogP contribution in [0.3, 0.4) is 0 Å². The Bertz CT molecular complexity index is 374. The monoisotopic (exact) mass is 190 g/mol. The summed E-state index contributed by atoms with van der Waals surface area (Å²) in [5.74, 6) is 0.246. The van der Waals surface area contributed by atoms with Crippen LogP contribution in [0.4, 0.5) is 5.69 Å². The maximum atomic E-state index is 11.3. The van der Waals surface area contributed by atoms with Gasteiger partial charge in [0.05, 0.1) is 0 Å². The lowest BCUT2D eigenvalue weighted by Gasteiger charge is -2.24. The van der Waals surface area contributed by atoms with Crippen LogP contribution in [0, 0.1) is 6.92 Å². The van der Waals surface area contributed by atoms with Gasteiger partial charge in [0.1, 0.15) is 0 Å². The number of amides is 1. The van der Waals surface area contributed by atoms with Crippen LogP contribution in [0.2, 0.25) is 0 Å². The van der Waals surface area contributed by atoms with Gasteiger partial charge in [-0.1, -0.05) is 17.7 Å². The molecular weight excluding hydrogens is 176 g/mol. The van der Waals surface area contributed by atoms with Crippen LogP contribution in [-0.4, -0.2) is 12.5 Å². The summed E-state index contributed by atoms with van der Waals surface area (Å²) in [4.78, 5) is 11.3. The molecule has 3 nitrogen and oxygen atoms in total. The van der Waals surface area contributed by atoms with E-state index in [0.29, 0.717) is 13.0 Å². The highest BCUT2D eigenvalue weighted by molar-refractivity contribution is 5.94. The molecular formula is C11H14N2O. The summed E-state index contributed by atoms with van der Waals surface area (Å²) < 4.78 is 0. The van der Waals surface area contributed by atoms with E-state index < -0.39 is 0 Å². The largest absolute Gasteiger partial charge is 0.330 e. The van der Waals surface area contributed by atoms with Crippen molar-refractivity contribution in [3.05, 3.63) is 29.3 Å². The molecule has 0 spiro atoms. The number of carbonyl (C=O) groups excluding carboxylic acids is 1. The van der Waals surface area contributed by atoms with E-state index in [1.54, 1.807) is 0 Å². The quantitative estimate of drug-likeness (QED) is 0.703. The van der Waals surface area contributed by atoms with Gasteiger partial charge in [0.2, 0.25) is 5.91 Å². The number of anilines is 1. The zero-order valence-corrected chi connectivity index (χ0v) is 8.21. The molecule has 0 bridgehead atoms. The number of aryl methyl sites for hydroxylation is 1. The van der Waals surface area contributed by atoms with E-state index >= 15 is 0 Å². The van der Waals surface area contributed by atoms with Crippen LogP contribution in [0.5, 0.6) is 0 Å². The Kier molecular flexibility index (Phi) is 2.25. The van der Waals surface area contributed by atoms with E-state index in [1.165, 1.54) is 11.1 Å². The van der Waals surface area contributed by atoms with Gasteiger partial charge >= 0.3 is 0 Å². The van der Waals surface area contributed by atoms with Crippen molar-refractivity contribution in [1.82, 2.24) is 0 Å². The van der Waals surface area contributed by atoms with Gasteiger partial charge in [0, 0.05) is 18.0 Å². The Morgan fingerprint density at radius 1 is 1.57 bits per heavy atom. The summed E-state index contributed by atoms with van der Waals surface area (Å²) in [6.45, 7) is 2.58. The number of hydrogen-bond acceptors (Lipinski definition) is 2. The lowest BCUT2D eigenvalue weighted by atomic mass is 9.89. The maximum absolute atomic E-state index is 11.3. The molecule has 2 rings (SSSR count). The number of fused-ring (bicyclic) bond motifs is 1. The summed E-state index contributed by atoms with van der Waals surface area (Å²) in [6.07, 6.45) is 0.507. The van der Waals surface area contributed by atoms with Crippen molar-refractivity contribution in [3.63, 3.8) is 0 Å². The lowest BCUT2D eigenvalue weighted by Crippen LogP contribution is -2.27. The minimum atomic E-state index is 0.0665. The van der Waals surface area contributed by atoms with E-state index in [2.05, 4.69) is 11.4 Å². The van der Waals surface area contributed by atoms with Crippen LogP contribution in [0.15, 0.2) is 18.2 Å². The van der Waals surface area contributed by atoms with Crippen LogP contribution >= 0.6 is 0 Å². The summed E-state index contributed by atoms with van der Waals surface area (Å²) >= 11 is 0. The molecule has 0 fully saturated rings. The molecule has 1 amide bonds. The third-order valence-corrected chi connectivity index (χ3v) is 2.64. The molecule has 3 N–H and O–H groups in total. The van der Waals surface area contributed by atoms with Gasteiger partial charge < -0.3 is 11.1 Å². The molecule has 74 valence electrons. The third-order valence-electron chi connectivity index (χ3n) is 2.64. The minimum absolute atomic E-state index is 0.0665. The molecule has 3 heteroatoms. The van der Waals surface area contributed by atoms with E-state index in [0.717, 1.165) is 5.69 Å². The first-order chi connectivity index (χ1) is 6.70. The summed E-state index contributed by atoms with van der Waals surface area (Å²) in [6, 6.07) is 6.05. The highest BCUT2D eigenvalue weighted by Crippen LogP contribution is 2.31. The standard InChI is InChI=1S/C11H14N2O/c1-7-2-3-10-9(4-7)8(6-12)5-11(14)13-10/h2-4,8H,5-6,12H2,1H3,(H,13,14). The first-order valence-electron chi connectivity index (χ1n) is 4.81. The fraction of sp³-hybridized carbons (Fsp3) is 0.364. The summed E-state index contributed by atoms with van der Waals surface area (Å²) in [7, 11) is 0. The van der Waals surface area contributed by atoms with E-state index in [1.807, 2.05) is 19.1 Å². The average molecular weight is 190 g/mol. The zero-order chi connectivity index (χ0) is 10.1. The molecule has 0 aliphatic carbocycles. The van der Waals surface area contributed by atoms with Crippen LogP contribution < -0.4 is 11.1 Å². The first-order valence-corrected chi connectivity index (χ1v) is 4.81. The van der Waals surface area contributed by atoms with Gasteiger partial charge in [0.15, 0.2) is 0 Å². The predicted octanol–water partition coefficient (Wildman–Crippen LogP) is 1.38. The Morgan fingerprint density at radius 3 is 3.07 bits per heavy atom. The van der Waals surface area contributed by atoms with Crippen molar-refractivity contribution in [2.75, 3.05) is 11.9 Å². The number of benzene rings is 1. The normalized spacial score (nSPS) is 20.1. The van der Waals surface area contributed by atoms with Gasteiger partial charge in [-0.15, -0.1) is 0 Å². The van der Waals surface area contributed by atoms with Gasteiger partial charge in [-0.2, -0.15) is 0 Å². The number of rotatable bonds is 1. The highest BCUT2D eigenvalue weighted by atomic mass is 16.1. The number of carbonyl (C=O) groups is 1. The second kappa shape index (κ2) is 3.42. The molecule has 1 aromatic carbocycles. The maximum Gasteiger partial charge on any atom is 0.225 e. The summed E-state index contributed by atoms with van der Waals surface area (Å²) in [5.41, 5.74) is 8.95. The topological polar surface area (TPSA) is 55.1 Å². The second-order valence-electron chi connectivity index (χ2n) is 3.78. The van der Waals surface area contributed by atoms with Crippen molar-refractivity contribution >= 4 is 11.6 Å². The van der Waals surface area contributed by atoms with Crippen LogP contribution in [0.25, 0.3) is 0 Å². The zero-order valence-electron chi connectivity index (χ0n) is 8.21. The molecule has 1 heterocycles. The Labute approximate surface area is 83.3 Å². The Balaban J connectivity index is 2.46. The minimum Gasteiger partial charge on any atom is -0.330 e. The molecule has 1 aliphatic heterocycles. The van der Waals surface area contributed by atoms with Gasteiger partial charge in [-0.05, 0) is 25.1 Å². The molecule has 0 saturated heterocycles. The molecule has 1 aromatic rings. The van der Waals surface area contributed by atoms with Crippen LogP contribution in [-0.2, 0) is 4.79 Å². The molecule has 0 aromatic heterocycles. The van der Waals surface area contributed by atoms with E-state index in [-0.39, 0.29) is 11.8 Å². The van der Waals surface area contributed by atoms with Crippen molar-refractivity contribution in [2.45, 2.75) is 19.3 Å². The van der Waals surface area contributed by atoms with Crippen molar-refractivity contribution in [2.24, 2.45) is 5.73 Å². The Hall–Kier alpha value is -1.35. The lowest BCUT2D eigenvalue weighted by molar-refractivity contribution is -0.116. The number of nitrogens with two attached hydrogens (primary N) is 1. The molecule has 1 unspecified atom stereocenters. The number of nitrogens with one attached hydrogen (secondary N) is 1. The Morgan fingerprint density at radius 2 is 2.36 bits per heavy atom. The molecule has 0 radical (unpaired) electrons. The number of hydrogen-bond donors (Lipinski definition) is 2. The second-order valence-corrected chi connectivity index (χ2v) is 3.78. The smallest absolute Gasteiger partial charge is 0.225 e. The van der Waals surface area contributed by atoms with E-state index in [9.17, 15) is 4.79 Å². The van der Waals surface area contributed by atoms with Gasteiger partial charge in [-0.3, -0.25) is 4.79 Å². The first kappa shape index (κ1) is 9.21.